The Labute approximate surface area is 138 Å². The molecule has 1 aromatic rings. The molecule has 24 heavy (non-hydrogen) atoms. The smallest absolute Gasteiger partial charge is 0.362 e. The van der Waals surface area contributed by atoms with Gasteiger partial charge in [-0.25, -0.2) is 0 Å². The van der Waals surface area contributed by atoms with Crippen LogP contribution in [0.2, 0.25) is 0 Å². The van der Waals surface area contributed by atoms with E-state index in [0.29, 0.717) is 4.68 Å². The maximum absolute atomic E-state index is 13.1. The van der Waals surface area contributed by atoms with Gasteiger partial charge >= 0.3 is 12.4 Å². The average molecular weight is 423 g/mol. The number of halogens is 7. The summed E-state index contributed by atoms with van der Waals surface area (Å²) >= 11 is 2.53. The Kier molecular flexibility index (Phi) is 4.24. The van der Waals surface area contributed by atoms with Gasteiger partial charge in [-0.05, 0) is 22.9 Å². The lowest BCUT2D eigenvalue weighted by Gasteiger charge is -2.32. The highest BCUT2D eigenvalue weighted by molar-refractivity contribution is 9.10. The van der Waals surface area contributed by atoms with Crippen molar-refractivity contribution in [2.75, 3.05) is 0 Å². The summed E-state index contributed by atoms with van der Waals surface area (Å²) in [6, 6.07) is 0. The molecule has 1 aliphatic rings. The van der Waals surface area contributed by atoms with Crippen LogP contribution in [0.4, 0.5) is 26.3 Å². The Bertz CT molecular complexity index is 725. The highest BCUT2D eigenvalue weighted by atomic mass is 79.9. The molecule has 1 atom stereocenters. The van der Waals surface area contributed by atoms with Crippen LogP contribution in [-0.2, 0) is 13.2 Å². The minimum Gasteiger partial charge on any atom is -0.362 e. The van der Waals surface area contributed by atoms with Crippen LogP contribution in [0.1, 0.15) is 29.5 Å². The van der Waals surface area contributed by atoms with Gasteiger partial charge in [0.1, 0.15) is 5.69 Å². The van der Waals surface area contributed by atoms with Gasteiger partial charge in [-0.3, -0.25) is 9.48 Å². The van der Waals surface area contributed by atoms with Crippen molar-refractivity contribution in [3.63, 3.8) is 0 Å². The maximum atomic E-state index is 13.1. The van der Waals surface area contributed by atoms with Crippen LogP contribution in [0, 0.1) is 0 Å². The number of hydrogen-bond acceptors (Lipinski definition) is 4. The number of aryl methyl sites for hydroxylation is 1. The second-order valence-electron chi connectivity index (χ2n) is 5.08. The van der Waals surface area contributed by atoms with E-state index in [-0.39, 0.29) is 10.7 Å². The van der Waals surface area contributed by atoms with Crippen molar-refractivity contribution in [1.29, 1.82) is 0 Å². The van der Waals surface area contributed by atoms with Crippen LogP contribution < -0.4 is 0 Å². The first-order valence-corrected chi connectivity index (χ1v) is 6.97. The van der Waals surface area contributed by atoms with E-state index < -0.39 is 46.3 Å². The molecule has 1 aliphatic heterocycles. The summed E-state index contributed by atoms with van der Waals surface area (Å²) < 4.78 is 77.3. The van der Waals surface area contributed by atoms with Crippen LogP contribution in [0.3, 0.4) is 0 Å². The monoisotopic (exact) mass is 422 g/mol. The van der Waals surface area contributed by atoms with E-state index in [0.717, 1.165) is 14.0 Å². The third kappa shape index (κ3) is 2.79. The second kappa shape index (κ2) is 5.44. The van der Waals surface area contributed by atoms with Gasteiger partial charge in [-0.1, -0.05) is 0 Å². The summed E-state index contributed by atoms with van der Waals surface area (Å²) in [7, 11) is 0.951. The number of hydrogen-bond donors (Lipinski definition) is 1. The third-order valence-electron chi connectivity index (χ3n) is 3.23. The van der Waals surface area contributed by atoms with Crippen molar-refractivity contribution in [1.82, 2.24) is 14.8 Å². The molecule has 0 saturated carbocycles. The van der Waals surface area contributed by atoms with Crippen molar-refractivity contribution in [3.8, 4) is 0 Å². The predicted molar refractivity (Wildman–Crippen MR) is 70.8 cm³/mol. The predicted octanol–water partition coefficient (Wildman–Crippen LogP) is 2.67. The molecule has 6 nitrogen and oxygen atoms in total. The third-order valence-corrected chi connectivity index (χ3v) is 3.98. The second-order valence-corrected chi connectivity index (χ2v) is 5.87. The van der Waals surface area contributed by atoms with Gasteiger partial charge in [0.05, 0.1) is 4.47 Å². The number of aromatic nitrogens is 2. The van der Waals surface area contributed by atoms with Crippen LogP contribution in [0.5, 0.6) is 0 Å². The van der Waals surface area contributed by atoms with Crippen molar-refractivity contribution in [2.24, 2.45) is 12.1 Å². The van der Waals surface area contributed by atoms with Crippen molar-refractivity contribution in [3.05, 3.63) is 15.9 Å². The number of amides is 1. The van der Waals surface area contributed by atoms with E-state index in [2.05, 4.69) is 26.1 Å². The average Bonchev–Trinajstić information content (AvgIpc) is 2.85. The molecular formula is C11H9BrF6N4O2. The zero-order valence-corrected chi connectivity index (χ0v) is 13.6. The summed E-state index contributed by atoms with van der Waals surface area (Å²) in [5, 5.41) is 16.0. The van der Waals surface area contributed by atoms with Gasteiger partial charge in [0.2, 0.25) is 0 Å². The van der Waals surface area contributed by atoms with Gasteiger partial charge in [-0.2, -0.15) is 41.6 Å². The number of hydrazone groups is 1. The van der Waals surface area contributed by atoms with E-state index >= 15 is 0 Å². The molecule has 1 unspecified atom stereocenters. The highest BCUT2D eigenvalue weighted by Crippen LogP contribution is 2.42. The number of alkyl halides is 6. The SMILES string of the molecule is CC1=NN(C(=O)c2c(Br)c(C(F)(F)F)nn2C)C(O)(C(F)(F)F)C1. The normalized spacial score (nSPS) is 22.1. The Hall–Kier alpha value is -1.63. The summed E-state index contributed by atoms with van der Waals surface area (Å²) in [5.41, 5.74) is -6.17. The minimum atomic E-state index is -5.26. The molecule has 0 fully saturated rings. The molecule has 0 spiro atoms. The first-order chi connectivity index (χ1) is 10.7. The van der Waals surface area contributed by atoms with E-state index in [4.69, 9.17) is 0 Å². The highest BCUT2D eigenvalue weighted by Gasteiger charge is 2.63. The summed E-state index contributed by atoms with van der Waals surface area (Å²) in [6.45, 7) is 1.14. The molecule has 1 amide bonds. The van der Waals surface area contributed by atoms with Crippen LogP contribution in [0.25, 0.3) is 0 Å². The molecule has 1 aromatic heterocycles. The van der Waals surface area contributed by atoms with E-state index in [1.165, 1.54) is 0 Å². The van der Waals surface area contributed by atoms with Crippen LogP contribution in [0.15, 0.2) is 9.57 Å². The topological polar surface area (TPSA) is 70.7 Å². The Morgan fingerprint density at radius 1 is 1.29 bits per heavy atom. The number of aliphatic hydroxyl groups is 1. The Morgan fingerprint density at radius 2 is 1.83 bits per heavy atom. The molecule has 134 valence electrons. The molecule has 0 radical (unpaired) electrons. The minimum absolute atomic E-state index is 0.211. The molecule has 13 heteroatoms. The molecule has 2 rings (SSSR count). The first-order valence-electron chi connectivity index (χ1n) is 6.17. The Balaban J connectivity index is 2.55. The van der Waals surface area contributed by atoms with Crippen LogP contribution >= 0.6 is 15.9 Å². The van der Waals surface area contributed by atoms with Gasteiger partial charge in [-0.15, -0.1) is 0 Å². The zero-order chi connectivity index (χ0) is 18.7. The van der Waals surface area contributed by atoms with Gasteiger partial charge < -0.3 is 5.11 Å². The standard InChI is InChI=1S/C11H9BrF6N4O2/c1-4-3-9(24,11(16,17)18)22(19-4)8(23)6-5(12)7(10(13,14)15)20-21(6)2/h24H,3H2,1-2H3. The molecule has 1 N–H and O–H groups in total. The van der Waals surface area contributed by atoms with Crippen LogP contribution in [-0.4, -0.2) is 43.4 Å². The van der Waals surface area contributed by atoms with Crippen molar-refractivity contribution >= 4 is 27.5 Å². The summed E-state index contributed by atoms with van der Waals surface area (Å²) in [5.74, 6) is -1.58. The van der Waals surface area contributed by atoms with Gasteiger partial charge in [0, 0.05) is 19.2 Å². The molecule has 0 bridgehead atoms. The van der Waals surface area contributed by atoms with Crippen molar-refractivity contribution in [2.45, 2.75) is 31.4 Å². The quantitative estimate of drug-likeness (QED) is 0.707. The van der Waals surface area contributed by atoms with E-state index in [9.17, 15) is 36.2 Å². The van der Waals surface area contributed by atoms with Crippen molar-refractivity contribution < 1.29 is 36.2 Å². The number of rotatable bonds is 1. The molecule has 0 saturated heterocycles. The number of carbonyl (C=O) groups excluding carboxylic acids is 1. The lowest BCUT2D eigenvalue weighted by atomic mass is 10.1. The summed E-state index contributed by atoms with van der Waals surface area (Å²) in [4.78, 5) is 12.3. The van der Waals surface area contributed by atoms with E-state index in [1.54, 1.807) is 0 Å². The fraction of sp³-hybridized carbons (Fsp3) is 0.545. The lowest BCUT2D eigenvalue weighted by molar-refractivity contribution is -0.297. The zero-order valence-electron chi connectivity index (χ0n) is 12.0. The first kappa shape index (κ1) is 18.7. The largest absolute Gasteiger partial charge is 0.438 e. The molecule has 0 aromatic carbocycles. The summed E-state index contributed by atoms with van der Waals surface area (Å²) in [6.07, 6.45) is -11.2. The molecular weight excluding hydrogens is 414 g/mol. The molecule has 2 heterocycles. The van der Waals surface area contributed by atoms with E-state index in [1.807, 2.05) is 0 Å². The molecule has 0 aliphatic carbocycles. The fourth-order valence-corrected chi connectivity index (χ4v) is 2.90. The number of nitrogens with zero attached hydrogens (tertiary/aromatic N) is 4. The lowest BCUT2D eigenvalue weighted by Crippen LogP contribution is -2.56. The number of carbonyl (C=O) groups is 1. The fourth-order valence-electron chi connectivity index (χ4n) is 2.17. The maximum Gasteiger partial charge on any atom is 0.438 e. The van der Waals surface area contributed by atoms with Gasteiger partial charge in [0.15, 0.2) is 5.69 Å². The van der Waals surface area contributed by atoms with Gasteiger partial charge in [0.25, 0.3) is 11.6 Å². The Morgan fingerprint density at radius 3 is 2.25 bits per heavy atom.